The lowest BCUT2D eigenvalue weighted by atomic mass is 10.3. The molecule has 0 aliphatic carbocycles. The summed E-state index contributed by atoms with van der Waals surface area (Å²) in [6, 6.07) is 0.672. The number of hydrogen-bond donors (Lipinski definition) is 2. The van der Waals surface area contributed by atoms with Gasteiger partial charge in [-0.2, -0.15) is 4.98 Å². The van der Waals surface area contributed by atoms with E-state index in [0.29, 0.717) is 12.5 Å². The maximum atomic E-state index is 13.2. The van der Waals surface area contributed by atoms with Gasteiger partial charge in [0, 0.05) is 6.07 Å². The first-order chi connectivity index (χ1) is 7.69. The van der Waals surface area contributed by atoms with Crippen LogP contribution in [0.4, 0.5) is 14.6 Å². The molecule has 16 heavy (non-hydrogen) atoms. The number of nitrogens with two attached hydrogens (primary N) is 1. The van der Waals surface area contributed by atoms with Gasteiger partial charge in [-0.1, -0.05) is 6.08 Å². The molecule has 0 fully saturated rings. The molecule has 0 aliphatic rings. The van der Waals surface area contributed by atoms with Gasteiger partial charge in [-0.3, -0.25) is 0 Å². The van der Waals surface area contributed by atoms with Crippen molar-refractivity contribution >= 4 is 5.82 Å². The minimum atomic E-state index is -0.863. The van der Waals surface area contributed by atoms with Gasteiger partial charge in [-0.05, 0) is 12.8 Å². The highest BCUT2D eigenvalue weighted by molar-refractivity contribution is 5.38. The Hall–Kier alpha value is -1.69. The molecule has 1 heterocycles. The van der Waals surface area contributed by atoms with E-state index in [9.17, 15) is 8.78 Å². The first-order valence-corrected chi connectivity index (χ1v) is 4.75. The van der Waals surface area contributed by atoms with Crippen LogP contribution in [0.3, 0.4) is 0 Å². The van der Waals surface area contributed by atoms with Gasteiger partial charge in [0.15, 0.2) is 17.5 Å². The monoisotopic (exact) mass is 229 g/mol. The molecule has 0 saturated heterocycles. The highest BCUT2D eigenvalue weighted by atomic mass is 19.1. The lowest BCUT2D eigenvalue weighted by Gasteiger charge is -2.08. The Labute approximate surface area is 92.1 Å². The average Bonchev–Trinajstić information content (AvgIpc) is 2.27. The van der Waals surface area contributed by atoms with Crippen LogP contribution in [0.1, 0.15) is 12.8 Å². The number of allylic oxidation sites excluding steroid dienone is 1. The SMILES string of the molecule is C=CCCCOc1nc(NN)c(F)cc1F. The first-order valence-electron chi connectivity index (χ1n) is 4.75. The quantitative estimate of drug-likeness (QED) is 0.339. The van der Waals surface area contributed by atoms with E-state index < -0.39 is 11.6 Å². The Bertz CT molecular complexity index is 371. The fourth-order valence-corrected chi connectivity index (χ4v) is 1.05. The Kier molecular flexibility index (Phi) is 4.65. The van der Waals surface area contributed by atoms with Crippen molar-refractivity contribution in [3.05, 3.63) is 30.4 Å². The zero-order chi connectivity index (χ0) is 12.0. The summed E-state index contributed by atoms with van der Waals surface area (Å²) in [7, 11) is 0. The van der Waals surface area contributed by atoms with Crippen LogP contribution >= 0.6 is 0 Å². The van der Waals surface area contributed by atoms with Crippen molar-refractivity contribution in [2.24, 2.45) is 5.84 Å². The first kappa shape index (κ1) is 12.4. The van der Waals surface area contributed by atoms with Crippen molar-refractivity contribution in [3.8, 4) is 5.88 Å². The molecule has 1 aromatic heterocycles. The van der Waals surface area contributed by atoms with Crippen LogP contribution in [0.25, 0.3) is 0 Å². The van der Waals surface area contributed by atoms with Gasteiger partial charge in [0.1, 0.15) is 0 Å². The van der Waals surface area contributed by atoms with E-state index in [0.717, 1.165) is 6.42 Å². The third-order valence-electron chi connectivity index (χ3n) is 1.83. The molecule has 0 bridgehead atoms. The van der Waals surface area contributed by atoms with Crippen molar-refractivity contribution in [2.45, 2.75) is 12.8 Å². The molecule has 0 atom stereocenters. The van der Waals surface area contributed by atoms with Crippen molar-refractivity contribution in [3.63, 3.8) is 0 Å². The second kappa shape index (κ2) is 6.02. The maximum Gasteiger partial charge on any atom is 0.252 e. The Morgan fingerprint density at radius 1 is 1.50 bits per heavy atom. The Morgan fingerprint density at radius 2 is 2.25 bits per heavy atom. The van der Waals surface area contributed by atoms with E-state index in [-0.39, 0.29) is 18.3 Å². The molecule has 0 amide bonds. The van der Waals surface area contributed by atoms with Crippen LogP contribution in [0, 0.1) is 11.6 Å². The molecule has 6 heteroatoms. The van der Waals surface area contributed by atoms with E-state index in [1.807, 2.05) is 5.43 Å². The zero-order valence-electron chi connectivity index (χ0n) is 8.67. The van der Waals surface area contributed by atoms with Crippen LogP contribution < -0.4 is 16.0 Å². The van der Waals surface area contributed by atoms with Crippen LogP contribution in [-0.4, -0.2) is 11.6 Å². The summed E-state index contributed by atoms with van der Waals surface area (Å²) in [5.74, 6) is 2.77. The maximum absolute atomic E-state index is 13.2. The summed E-state index contributed by atoms with van der Waals surface area (Å²) < 4.78 is 31.2. The molecule has 0 aromatic carbocycles. The van der Waals surface area contributed by atoms with E-state index in [4.69, 9.17) is 10.6 Å². The van der Waals surface area contributed by atoms with Gasteiger partial charge in [-0.25, -0.2) is 14.6 Å². The lowest BCUT2D eigenvalue weighted by Crippen LogP contribution is -2.12. The van der Waals surface area contributed by atoms with Gasteiger partial charge >= 0.3 is 0 Å². The topological polar surface area (TPSA) is 60.2 Å². The highest BCUT2D eigenvalue weighted by Crippen LogP contribution is 2.20. The molecule has 0 aliphatic heterocycles. The number of ether oxygens (including phenoxy) is 1. The van der Waals surface area contributed by atoms with Crippen molar-refractivity contribution in [2.75, 3.05) is 12.0 Å². The largest absolute Gasteiger partial charge is 0.476 e. The molecule has 1 rings (SSSR count). The zero-order valence-corrected chi connectivity index (χ0v) is 8.67. The summed E-state index contributed by atoms with van der Waals surface area (Å²) in [5.41, 5.74) is 2.02. The number of hydrazine groups is 1. The number of nitrogens with one attached hydrogen (secondary N) is 1. The predicted molar refractivity (Wildman–Crippen MR) is 56.9 cm³/mol. The standard InChI is InChI=1S/C10H13F2N3O/c1-2-3-4-5-16-10-8(12)6-7(11)9(14-10)15-13/h2,6H,1,3-5,13H2,(H,14,15). The number of nitrogen functional groups attached to an aromatic ring is 1. The minimum absolute atomic E-state index is 0.250. The fourth-order valence-electron chi connectivity index (χ4n) is 1.05. The van der Waals surface area contributed by atoms with Gasteiger partial charge in [0.25, 0.3) is 5.88 Å². The smallest absolute Gasteiger partial charge is 0.252 e. The van der Waals surface area contributed by atoms with Gasteiger partial charge in [0.2, 0.25) is 0 Å². The molecule has 4 nitrogen and oxygen atoms in total. The van der Waals surface area contributed by atoms with Crippen LogP contribution in [0.15, 0.2) is 18.7 Å². The Balaban J connectivity index is 2.68. The molecule has 0 unspecified atom stereocenters. The van der Waals surface area contributed by atoms with Gasteiger partial charge < -0.3 is 10.2 Å². The summed E-state index contributed by atoms with van der Waals surface area (Å²) >= 11 is 0. The number of anilines is 1. The fraction of sp³-hybridized carbons (Fsp3) is 0.300. The normalized spacial score (nSPS) is 9.94. The predicted octanol–water partition coefficient (Wildman–Crippen LogP) is 1.99. The molecule has 0 saturated carbocycles. The molecule has 88 valence electrons. The Morgan fingerprint density at radius 3 is 2.88 bits per heavy atom. The van der Waals surface area contributed by atoms with Gasteiger partial charge in [-0.15, -0.1) is 6.58 Å². The highest BCUT2D eigenvalue weighted by Gasteiger charge is 2.11. The van der Waals surface area contributed by atoms with Gasteiger partial charge in [0.05, 0.1) is 6.61 Å². The summed E-state index contributed by atoms with van der Waals surface area (Å²) in [6.07, 6.45) is 3.17. The van der Waals surface area contributed by atoms with Crippen LogP contribution in [-0.2, 0) is 0 Å². The molecular weight excluding hydrogens is 216 g/mol. The number of aromatic nitrogens is 1. The summed E-state index contributed by atoms with van der Waals surface area (Å²) in [6.45, 7) is 3.82. The van der Waals surface area contributed by atoms with Crippen LogP contribution in [0.2, 0.25) is 0 Å². The molecule has 0 spiro atoms. The number of pyridine rings is 1. The van der Waals surface area contributed by atoms with E-state index in [1.165, 1.54) is 0 Å². The molecular formula is C10H13F2N3O. The lowest BCUT2D eigenvalue weighted by molar-refractivity contribution is 0.283. The summed E-state index contributed by atoms with van der Waals surface area (Å²) in [5, 5.41) is 0. The van der Waals surface area contributed by atoms with Crippen molar-refractivity contribution < 1.29 is 13.5 Å². The third kappa shape index (κ3) is 3.16. The number of unbranched alkanes of at least 4 members (excludes halogenated alkanes) is 1. The molecule has 1 aromatic rings. The third-order valence-corrected chi connectivity index (χ3v) is 1.83. The number of rotatable bonds is 6. The average molecular weight is 229 g/mol. The summed E-state index contributed by atoms with van der Waals surface area (Å²) in [4.78, 5) is 3.55. The second-order valence-corrected chi connectivity index (χ2v) is 3.03. The van der Waals surface area contributed by atoms with E-state index in [1.54, 1.807) is 6.08 Å². The van der Waals surface area contributed by atoms with Crippen LogP contribution in [0.5, 0.6) is 5.88 Å². The molecule has 0 radical (unpaired) electrons. The number of halogens is 2. The minimum Gasteiger partial charge on any atom is -0.476 e. The van der Waals surface area contributed by atoms with E-state index >= 15 is 0 Å². The molecule has 3 N–H and O–H groups in total. The van der Waals surface area contributed by atoms with Crippen molar-refractivity contribution in [1.29, 1.82) is 0 Å². The number of nitrogens with zero attached hydrogens (tertiary/aromatic N) is 1. The number of hydrogen-bond acceptors (Lipinski definition) is 4. The van der Waals surface area contributed by atoms with E-state index in [2.05, 4.69) is 11.6 Å². The second-order valence-electron chi connectivity index (χ2n) is 3.03. The van der Waals surface area contributed by atoms with Crippen molar-refractivity contribution in [1.82, 2.24) is 4.98 Å².